The van der Waals surface area contributed by atoms with Gasteiger partial charge in [-0.15, -0.1) is 0 Å². The van der Waals surface area contributed by atoms with Gasteiger partial charge in [-0.2, -0.15) is 0 Å². The van der Waals surface area contributed by atoms with Gasteiger partial charge in [0.2, 0.25) is 0 Å². The lowest BCUT2D eigenvalue weighted by Gasteiger charge is -2.11. The van der Waals surface area contributed by atoms with Crippen molar-refractivity contribution in [2.45, 2.75) is 25.8 Å². The van der Waals surface area contributed by atoms with Crippen LogP contribution >= 0.6 is 28.1 Å². The average Bonchev–Trinajstić information content (AvgIpc) is 3.24. The molecule has 0 aliphatic heterocycles. The Kier molecular flexibility index (Phi) is 5.53. The zero-order valence-corrected chi connectivity index (χ0v) is 19.6. The number of aromatic amines is 1. The van der Waals surface area contributed by atoms with E-state index < -0.39 is 0 Å². The molecule has 1 aliphatic rings. The van der Waals surface area contributed by atoms with E-state index in [0.29, 0.717) is 27.8 Å². The molecule has 1 aliphatic carbocycles. The van der Waals surface area contributed by atoms with Gasteiger partial charge in [0.1, 0.15) is 0 Å². The number of halogens is 1. The molecule has 0 atom stereocenters. The van der Waals surface area contributed by atoms with Crippen LogP contribution in [0.3, 0.4) is 0 Å². The first kappa shape index (κ1) is 20.8. The summed E-state index contributed by atoms with van der Waals surface area (Å²) in [5.41, 5.74) is 5.24. The molecule has 0 saturated heterocycles. The summed E-state index contributed by atoms with van der Waals surface area (Å²) in [5, 5.41) is 3.45. The van der Waals surface area contributed by atoms with Crippen LogP contribution in [-0.2, 0) is 19.4 Å². The predicted molar refractivity (Wildman–Crippen MR) is 133 cm³/mol. The smallest absolute Gasteiger partial charge is 0.262 e. The Morgan fingerprint density at radius 2 is 1.91 bits per heavy atom. The maximum atomic E-state index is 13.1. The third-order valence-electron chi connectivity index (χ3n) is 5.83. The average molecular weight is 506 g/mol. The molecule has 0 fully saturated rings. The molecule has 1 heterocycles. The number of nitrogens with one attached hydrogen (secondary N) is 2. The summed E-state index contributed by atoms with van der Waals surface area (Å²) in [6.07, 6.45) is 3.32. The lowest BCUT2D eigenvalue weighted by molar-refractivity contribution is 0.102. The number of carbonyl (C=O) groups excluding carboxylic acids is 1. The maximum absolute atomic E-state index is 13.1. The highest BCUT2D eigenvalue weighted by molar-refractivity contribution is 9.10. The van der Waals surface area contributed by atoms with Crippen LogP contribution in [0.25, 0.3) is 10.9 Å². The maximum Gasteiger partial charge on any atom is 0.262 e. The number of fused-ring (bicyclic) bond motifs is 2. The van der Waals surface area contributed by atoms with Crippen LogP contribution in [0.5, 0.6) is 0 Å². The Balaban J connectivity index is 1.44. The molecule has 0 spiro atoms. The van der Waals surface area contributed by atoms with Crippen molar-refractivity contribution in [3.63, 3.8) is 0 Å². The normalized spacial score (nSPS) is 12.7. The minimum Gasteiger partial charge on any atom is -0.332 e. The Bertz CT molecular complexity index is 1490. The van der Waals surface area contributed by atoms with Gasteiger partial charge in [0.25, 0.3) is 11.5 Å². The largest absolute Gasteiger partial charge is 0.332 e. The first-order chi connectivity index (χ1) is 15.5. The third kappa shape index (κ3) is 4.06. The quantitative estimate of drug-likeness (QED) is 0.354. The molecular formula is C25H20BrN3O2S. The van der Waals surface area contributed by atoms with Crippen LogP contribution in [0.15, 0.2) is 69.9 Å². The number of amides is 1. The SMILES string of the molecule is O=C(Nc1ccc2c(c1)CCC2)c1ccc2c(=O)n(Cc3cccc(Br)c3)c(=S)[nH]c2c1. The van der Waals surface area contributed by atoms with Crippen molar-refractivity contribution in [3.05, 3.63) is 103 Å². The second kappa shape index (κ2) is 8.48. The van der Waals surface area contributed by atoms with Crippen LogP contribution in [0.1, 0.15) is 33.5 Å². The highest BCUT2D eigenvalue weighted by Gasteiger charge is 2.14. The highest BCUT2D eigenvalue weighted by atomic mass is 79.9. The fraction of sp³-hybridized carbons (Fsp3) is 0.160. The summed E-state index contributed by atoms with van der Waals surface area (Å²) in [7, 11) is 0. The third-order valence-corrected chi connectivity index (χ3v) is 6.65. The van der Waals surface area contributed by atoms with Gasteiger partial charge in [-0.1, -0.05) is 34.1 Å². The van der Waals surface area contributed by atoms with Crippen LogP contribution in [0.2, 0.25) is 0 Å². The summed E-state index contributed by atoms with van der Waals surface area (Å²) in [6.45, 7) is 0.365. The number of carbonyl (C=O) groups is 1. The number of hydrogen-bond donors (Lipinski definition) is 2. The van der Waals surface area contributed by atoms with Gasteiger partial charge < -0.3 is 10.3 Å². The Morgan fingerprint density at radius 1 is 1.06 bits per heavy atom. The molecule has 3 aromatic carbocycles. The van der Waals surface area contributed by atoms with E-state index >= 15 is 0 Å². The number of aromatic nitrogens is 2. The van der Waals surface area contributed by atoms with E-state index in [2.05, 4.69) is 38.4 Å². The van der Waals surface area contributed by atoms with Crippen molar-refractivity contribution in [3.8, 4) is 0 Å². The van der Waals surface area contributed by atoms with Gasteiger partial charge in [0.05, 0.1) is 17.4 Å². The van der Waals surface area contributed by atoms with Crippen LogP contribution in [0.4, 0.5) is 5.69 Å². The Hall–Kier alpha value is -3.03. The van der Waals surface area contributed by atoms with Crippen molar-refractivity contribution in [1.29, 1.82) is 0 Å². The van der Waals surface area contributed by atoms with Gasteiger partial charge in [-0.25, -0.2) is 0 Å². The molecule has 5 nitrogen and oxygen atoms in total. The fourth-order valence-electron chi connectivity index (χ4n) is 4.21. The number of benzene rings is 3. The lowest BCUT2D eigenvalue weighted by atomic mass is 10.1. The molecule has 5 rings (SSSR count). The van der Waals surface area contributed by atoms with Gasteiger partial charge in [-0.3, -0.25) is 14.2 Å². The van der Waals surface area contributed by atoms with E-state index in [1.165, 1.54) is 15.7 Å². The molecule has 1 aromatic heterocycles. The zero-order valence-electron chi connectivity index (χ0n) is 17.2. The van der Waals surface area contributed by atoms with Crippen molar-refractivity contribution in [2.24, 2.45) is 0 Å². The number of rotatable bonds is 4. The Morgan fingerprint density at radius 3 is 2.75 bits per heavy atom. The molecule has 160 valence electrons. The topological polar surface area (TPSA) is 66.9 Å². The zero-order chi connectivity index (χ0) is 22.2. The molecule has 7 heteroatoms. The van der Waals surface area contributed by atoms with Crippen LogP contribution in [-0.4, -0.2) is 15.5 Å². The fourth-order valence-corrected chi connectivity index (χ4v) is 4.91. The summed E-state index contributed by atoms with van der Waals surface area (Å²) in [6, 6.07) is 18.9. The molecule has 0 unspecified atom stereocenters. The van der Waals surface area contributed by atoms with E-state index in [4.69, 9.17) is 12.2 Å². The van der Waals surface area contributed by atoms with E-state index in [0.717, 1.165) is 35.0 Å². The van der Waals surface area contributed by atoms with E-state index in [1.807, 2.05) is 30.3 Å². The molecule has 4 aromatic rings. The molecular weight excluding hydrogens is 486 g/mol. The molecule has 0 bridgehead atoms. The second-order valence-corrected chi connectivity index (χ2v) is 9.31. The molecule has 0 saturated carbocycles. The monoisotopic (exact) mass is 505 g/mol. The lowest BCUT2D eigenvalue weighted by Crippen LogP contribution is -2.23. The van der Waals surface area contributed by atoms with Gasteiger partial charge in [0.15, 0.2) is 4.77 Å². The molecule has 32 heavy (non-hydrogen) atoms. The van der Waals surface area contributed by atoms with Crippen molar-refractivity contribution in [1.82, 2.24) is 9.55 Å². The van der Waals surface area contributed by atoms with Crippen molar-refractivity contribution in [2.75, 3.05) is 5.32 Å². The predicted octanol–water partition coefficient (Wildman–Crippen LogP) is 5.61. The van der Waals surface area contributed by atoms with Crippen LogP contribution < -0.4 is 10.9 Å². The number of aryl methyl sites for hydroxylation is 2. The summed E-state index contributed by atoms with van der Waals surface area (Å²) < 4.78 is 2.79. The number of anilines is 1. The second-order valence-electron chi connectivity index (χ2n) is 8.00. The summed E-state index contributed by atoms with van der Waals surface area (Å²) >= 11 is 8.91. The van der Waals surface area contributed by atoms with E-state index in [1.54, 1.807) is 18.2 Å². The number of hydrogen-bond acceptors (Lipinski definition) is 3. The minimum absolute atomic E-state index is 0.186. The van der Waals surface area contributed by atoms with Crippen molar-refractivity contribution < 1.29 is 4.79 Å². The minimum atomic E-state index is -0.220. The van der Waals surface area contributed by atoms with E-state index in [9.17, 15) is 9.59 Å². The van der Waals surface area contributed by atoms with Gasteiger partial charge in [0, 0.05) is 15.7 Å². The Labute approximate surface area is 198 Å². The van der Waals surface area contributed by atoms with Crippen molar-refractivity contribution >= 4 is 50.6 Å². The first-order valence-electron chi connectivity index (χ1n) is 10.4. The van der Waals surface area contributed by atoms with Gasteiger partial charge >= 0.3 is 0 Å². The number of nitrogens with zero attached hydrogens (tertiary/aromatic N) is 1. The highest BCUT2D eigenvalue weighted by Crippen LogP contribution is 2.25. The van der Waals surface area contributed by atoms with Gasteiger partial charge in [-0.05, 0) is 90.6 Å². The van der Waals surface area contributed by atoms with Crippen LogP contribution in [0, 0.1) is 4.77 Å². The molecule has 1 amide bonds. The summed E-state index contributed by atoms with van der Waals surface area (Å²) in [4.78, 5) is 29.0. The standard InChI is InChI=1S/C25H20BrN3O2S/c26-19-6-1-3-15(11-19)14-29-24(31)21-10-8-18(13-22(21)28-25(29)32)23(30)27-20-9-7-16-4-2-5-17(16)12-20/h1,3,6-13H,2,4-5,14H2,(H,27,30)(H,28,32). The summed E-state index contributed by atoms with van der Waals surface area (Å²) in [5.74, 6) is -0.220. The first-order valence-corrected chi connectivity index (χ1v) is 11.6. The molecule has 0 radical (unpaired) electrons. The van der Waals surface area contributed by atoms with E-state index in [-0.39, 0.29) is 11.5 Å². The number of H-pyrrole nitrogens is 1. The molecule has 2 N–H and O–H groups in total.